The molecule has 4 nitrogen and oxygen atoms in total. The Morgan fingerprint density at radius 3 is 1.90 bits per heavy atom. The molecule has 0 fully saturated rings. The first kappa shape index (κ1) is 22.8. The van der Waals surface area contributed by atoms with Crippen LogP contribution in [0.3, 0.4) is 0 Å². The Kier molecular flexibility index (Phi) is 9.55. The SMILES string of the molecule is CCCCCCCCCCc1ccc(CCc2cc(O)cc(O)c2C(=O)O)cc1. The van der Waals surface area contributed by atoms with Gasteiger partial charge in [-0.05, 0) is 48.4 Å². The normalized spacial score (nSPS) is 10.9. The highest BCUT2D eigenvalue weighted by Crippen LogP contribution is 2.28. The van der Waals surface area contributed by atoms with Gasteiger partial charge in [0.05, 0.1) is 0 Å². The maximum Gasteiger partial charge on any atom is 0.339 e. The molecule has 29 heavy (non-hydrogen) atoms. The maximum atomic E-state index is 11.4. The summed E-state index contributed by atoms with van der Waals surface area (Å²) < 4.78 is 0. The molecule has 0 saturated carbocycles. The third-order valence-electron chi connectivity index (χ3n) is 5.42. The van der Waals surface area contributed by atoms with Gasteiger partial charge in [0.1, 0.15) is 17.1 Å². The molecule has 0 spiro atoms. The van der Waals surface area contributed by atoms with Gasteiger partial charge in [0.2, 0.25) is 0 Å². The monoisotopic (exact) mass is 398 g/mol. The molecule has 0 bridgehead atoms. The summed E-state index contributed by atoms with van der Waals surface area (Å²) in [7, 11) is 0. The van der Waals surface area contributed by atoms with Crippen LogP contribution in [-0.2, 0) is 19.3 Å². The first-order valence-electron chi connectivity index (χ1n) is 10.9. The summed E-state index contributed by atoms with van der Waals surface area (Å²) in [5, 5.41) is 28.8. The second-order valence-electron chi connectivity index (χ2n) is 7.85. The number of phenols is 2. The van der Waals surface area contributed by atoms with Crippen LogP contribution in [0, 0.1) is 0 Å². The van der Waals surface area contributed by atoms with Gasteiger partial charge in [-0.3, -0.25) is 0 Å². The average Bonchev–Trinajstić information content (AvgIpc) is 2.68. The van der Waals surface area contributed by atoms with E-state index in [1.165, 1.54) is 63.0 Å². The van der Waals surface area contributed by atoms with Crippen molar-refractivity contribution in [2.24, 2.45) is 0 Å². The maximum absolute atomic E-state index is 11.4. The molecule has 0 saturated heterocycles. The van der Waals surface area contributed by atoms with Crippen LogP contribution in [0.4, 0.5) is 0 Å². The zero-order chi connectivity index (χ0) is 21.1. The van der Waals surface area contributed by atoms with E-state index in [4.69, 9.17) is 0 Å². The fourth-order valence-electron chi connectivity index (χ4n) is 3.73. The van der Waals surface area contributed by atoms with Gasteiger partial charge in [0.25, 0.3) is 0 Å². The second-order valence-corrected chi connectivity index (χ2v) is 7.85. The van der Waals surface area contributed by atoms with Crippen LogP contribution in [0.15, 0.2) is 36.4 Å². The number of benzene rings is 2. The van der Waals surface area contributed by atoms with Gasteiger partial charge >= 0.3 is 5.97 Å². The van der Waals surface area contributed by atoms with E-state index in [1.54, 1.807) is 0 Å². The summed E-state index contributed by atoms with van der Waals surface area (Å²) in [5.74, 6) is -1.70. The number of hydrogen-bond donors (Lipinski definition) is 3. The van der Waals surface area contributed by atoms with E-state index < -0.39 is 11.7 Å². The first-order valence-corrected chi connectivity index (χ1v) is 10.9. The molecule has 0 aliphatic carbocycles. The summed E-state index contributed by atoms with van der Waals surface area (Å²) >= 11 is 0. The van der Waals surface area contributed by atoms with Gasteiger partial charge in [-0.15, -0.1) is 0 Å². The van der Waals surface area contributed by atoms with E-state index in [-0.39, 0.29) is 11.3 Å². The number of rotatable bonds is 13. The number of carboxylic acid groups (broad SMARTS) is 1. The van der Waals surface area contributed by atoms with Crippen molar-refractivity contribution in [3.63, 3.8) is 0 Å². The van der Waals surface area contributed by atoms with Crippen LogP contribution < -0.4 is 0 Å². The molecular formula is C25H34O4. The van der Waals surface area contributed by atoms with Gasteiger partial charge < -0.3 is 15.3 Å². The van der Waals surface area contributed by atoms with Crippen LogP contribution in [0.1, 0.15) is 85.3 Å². The molecular weight excluding hydrogens is 364 g/mol. The zero-order valence-corrected chi connectivity index (χ0v) is 17.5. The lowest BCUT2D eigenvalue weighted by Gasteiger charge is -2.10. The molecule has 0 heterocycles. The highest BCUT2D eigenvalue weighted by Gasteiger charge is 2.16. The van der Waals surface area contributed by atoms with Gasteiger partial charge in [0, 0.05) is 6.07 Å². The summed E-state index contributed by atoms with van der Waals surface area (Å²) in [4.78, 5) is 11.4. The van der Waals surface area contributed by atoms with Crippen molar-refractivity contribution in [3.8, 4) is 11.5 Å². The van der Waals surface area contributed by atoms with E-state index in [0.29, 0.717) is 18.4 Å². The Labute approximate surface area is 174 Å². The van der Waals surface area contributed by atoms with Gasteiger partial charge in [-0.2, -0.15) is 0 Å². The number of phenolic OH excluding ortho intramolecular Hbond substituents is 1. The second kappa shape index (κ2) is 12.2. The Bertz CT molecular complexity index is 765. The lowest BCUT2D eigenvalue weighted by atomic mass is 9.97. The van der Waals surface area contributed by atoms with Crippen molar-refractivity contribution in [2.75, 3.05) is 0 Å². The minimum atomic E-state index is -1.18. The number of unbranched alkanes of at least 4 members (excludes halogenated alkanes) is 7. The van der Waals surface area contributed by atoms with Crippen molar-refractivity contribution < 1.29 is 20.1 Å². The first-order chi connectivity index (χ1) is 14.0. The highest BCUT2D eigenvalue weighted by molar-refractivity contribution is 5.92. The number of aromatic carboxylic acids is 1. The molecule has 0 unspecified atom stereocenters. The Morgan fingerprint density at radius 1 is 0.759 bits per heavy atom. The molecule has 2 aromatic carbocycles. The Balaban J connectivity index is 1.78. The van der Waals surface area contributed by atoms with E-state index in [2.05, 4.69) is 31.2 Å². The molecule has 0 amide bonds. The van der Waals surface area contributed by atoms with Crippen LogP contribution in [0.25, 0.3) is 0 Å². The number of carbonyl (C=O) groups is 1. The zero-order valence-electron chi connectivity index (χ0n) is 17.5. The fourth-order valence-corrected chi connectivity index (χ4v) is 3.73. The van der Waals surface area contributed by atoms with Gasteiger partial charge in [-0.1, -0.05) is 76.1 Å². The predicted molar refractivity (Wildman–Crippen MR) is 117 cm³/mol. The third kappa shape index (κ3) is 7.80. The van der Waals surface area contributed by atoms with Crippen molar-refractivity contribution in [2.45, 2.75) is 77.6 Å². The molecule has 158 valence electrons. The van der Waals surface area contributed by atoms with Crippen molar-refractivity contribution >= 4 is 5.97 Å². The highest BCUT2D eigenvalue weighted by atomic mass is 16.4. The quantitative estimate of drug-likeness (QED) is 0.348. The minimum Gasteiger partial charge on any atom is -0.508 e. The van der Waals surface area contributed by atoms with Crippen LogP contribution in [0.5, 0.6) is 11.5 Å². The molecule has 2 rings (SSSR count). The molecule has 0 aliphatic rings. The molecule has 4 heteroatoms. The van der Waals surface area contributed by atoms with Crippen molar-refractivity contribution in [3.05, 3.63) is 58.7 Å². The number of aryl methyl sites for hydroxylation is 3. The lowest BCUT2D eigenvalue weighted by molar-refractivity contribution is 0.0692. The molecule has 0 aliphatic heterocycles. The van der Waals surface area contributed by atoms with E-state index in [9.17, 15) is 20.1 Å². The molecule has 0 atom stereocenters. The number of carboxylic acids is 1. The third-order valence-corrected chi connectivity index (χ3v) is 5.42. The predicted octanol–water partition coefficient (Wildman–Crippen LogP) is 6.26. The topological polar surface area (TPSA) is 77.8 Å². The average molecular weight is 399 g/mol. The van der Waals surface area contributed by atoms with Crippen LogP contribution in [0.2, 0.25) is 0 Å². The smallest absolute Gasteiger partial charge is 0.339 e. The van der Waals surface area contributed by atoms with Gasteiger partial charge in [0.15, 0.2) is 0 Å². The largest absolute Gasteiger partial charge is 0.508 e. The Hall–Kier alpha value is -2.49. The van der Waals surface area contributed by atoms with Crippen molar-refractivity contribution in [1.29, 1.82) is 0 Å². The summed E-state index contributed by atoms with van der Waals surface area (Å²) in [5.41, 5.74) is 2.76. The molecule has 2 aromatic rings. The number of aromatic hydroxyl groups is 2. The van der Waals surface area contributed by atoms with Crippen LogP contribution >= 0.6 is 0 Å². The molecule has 0 aromatic heterocycles. The van der Waals surface area contributed by atoms with E-state index >= 15 is 0 Å². The van der Waals surface area contributed by atoms with E-state index in [0.717, 1.165) is 18.1 Å². The minimum absolute atomic E-state index is 0.122. The lowest BCUT2D eigenvalue weighted by Crippen LogP contribution is -2.04. The Morgan fingerprint density at radius 2 is 1.31 bits per heavy atom. The van der Waals surface area contributed by atoms with Gasteiger partial charge in [-0.25, -0.2) is 4.79 Å². The summed E-state index contributed by atoms with van der Waals surface area (Å²) in [6.45, 7) is 2.25. The fraction of sp³-hybridized carbons (Fsp3) is 0.480. The molecule has 0 radical (unpaired) electrons. The molecule has 3 N–H and O–H groups in total. The van der Waals surface area contributed by atoms with Crippen LogP contribution in [-0.4, -0.2) is 21.3 Å². The van der Waals surface area contributed by atoms with E-state index in [1.807, 2.05) is 0 Å². The van der Waals surface area contributed by atoms with Crippen molar-refractivity contribution in [1.82, 2.24) is 0 Å². The summed E-state index contributed by atoms with van der Waals surface area (Å²) in [6.07, 6.45) is 12.8. The summed E-state index contributed by atoms with van der Waals surface area (Å²) in [6, 6.07) is 10.9. The number of hydrogen-bond acceptors (Lipinski definition) is 3. The standard InChI is InChI=1S/C25H34O4/c1-2-3-4-5-6-7-8-9-10-19-11-13-20(14-12-19)15-16-21-17-22(26)18-23(27)24(21)25(28)29/h11-14,17-18,26-27H,2-10,15-16H2,1H3,(H,28,29).